The van der Waals surface area contributed by atoms with Crippen molar-refractivity contribution in [1.82, 2.24) is 25.5 Å². The fraction of sp³-hybridized carbons (Fsp3) is 0.529. The maximum absolute atomic E-state index is 13.2. The van der Waals surface area contributed by atoms with Crippen LogP contribution < -0.4 is 0 Å². The van der Waals surface area contributed by atoms with Crippen molar-refractivity contribution in [2.45, 2.75) is 37.5 Å². The highest BCUT2D eigenvalue weighted by Crippen LogP contribution is 2.46. The summed E-state index contributed by atoms with van der Waals surface area (Å²) in [5, 5.41) is 14.0. The summed E-state index contributed by atoms with van der Waals surface area (Å²) in [7, 11) is 0. The van der Waals surface area contributed by atoms with E-state index in [1.165, 1.54) is 12.1 Å². The number of tetrazole rings is 1. The van der Waals surface area contributed by atoms with E-state index < -0.39 is 5.41 Å². The highest BCUT2D eigenvalue weighted by molar-refractivity contribution is 5.89. The number of aromatic amines is 1. The quantitative estimate of drug-likeness (QED) is 0.929. The van der Waals surface area contributed by atoms with Crippen LogP contribution in [0.5, 0.6) is 0 Å². The smallest absolute Gasteiger partial charge is 0.233 e. The lowest BCUT2D eigenvalue weighted by molar-refractivity contribution is -0.140. The van der Waals surface area contributed by atoms with Gasteiger partial charge >= 0.3 is 0 Å². The zero-order valence-corrected chi connectivity index (χ0v) is 13.4. The average molecular weight is 329 g/mol. The molecule has 126 valence electrons. The van der Waals surface area contributed by atoms with Crippen LogP contribution in [0.25, 0.3) is 0 Å². The number of hydrogen-bond donors (Lipinski definition) is 1. The zero-order valence-electron chi connectivity index (χ0n) is 13.4. The van der Waals surface area contributed by atoms with E-state index in [0.29, 0.717) is 11.7 Å². The van der Waals surface area contributed by atoms with Crippen LogP contribution in [0.4, 0.5) is 4.39 Å². The molecular weight excluding hydrogens is 309 g/mol. The van der Waals surface area contributed by atoms with E-state index in [1.54, 1.807) is 12.1 Å². The number of hydrogen-bond acceptors (Lipinski definition) is 4. The molecule has 0 radical (unpaired) electrons. The van der Waals surface area contributed by atoms with Crippen molar-refractivity contribution in [1.29, 1.82) is 0 Å². The molecule has 1 aliphatic heterocycles. The number of rotatable bonds is 4. The first-order chi connectivity index (χ1) is 11.7. The van der Waals surface area contributed by atoms with Gasteiger partial charge in [-0.3, -0.25) is 4.79 Å². The monoisotopic (exact) mass is 329 g/mol. The van der Waals surface area contributed by atoms with Crippen LogP contribution >= 0.6 is 0 Å². The van der Waals surface area contributed by atoms with Crippen LogP contribution in [0.3, 0.4) is 0 Å². The molecule has 0 bridgehead atoms. The first kappa shape index (κ1) is 15.2. The van der Waals surface area contributed by atoms with Crippen molar-refractivity contribution >= 4 is 5.91 Å². The third-order valence-corrected chi connectivity index (χ3v) is 5.45. The Balaban J connectivity index is 1.47. The molecule has 7 heteroatoms. The summed E-state index contributed by atoms with van der Waals surface area (Å²) >= 11 is 0. The van der Waals surface area contributed by atoms with Gasteiger partial charge in [0.15, 0.2) is 5.82 Å². The van der Waals surface area contributed by atoms with Gasteiger partial charge in [-0.15, -0.1) is 10.2 Å². The van der Waals surface area contributed by atoms with Gasteiger partial charge in [0.05, 0.1) is 5.41 Å². The summed E-state index contributed by atoms with van der Waals surface area (Å²) in [6.07, 6.45) is 4.44. The minimum absolute atomic E-state index is 0.191. The molecule has 1 saturated carbocycles. The van der Waals surface area contributed by atoms with Gasteiger partial charge < -0.3 is 4.90 Å². The fourth-order valence-corrected chi connectivity index (χ4v) is 3.94. The number of likely N-dealkylation sites (tertiary alicyclic amines) is 1. The topological polar surface area (TPSA) is 74.8 Å². The van der Waals surface area contributed by atoms with Gasteiger partial charge in [0.25, 0.3) is 0 Å². The van der Waals surface area contributed by atoms with Crippen molar-refractivity contribution in [2.75, 3.05) is 13.1 Å². The van der Waals surface area contributed by atoms with Gasteiger partial charge in [-0.05, 0) is 42.9 Å². The Labute approximate surface area is 139 Å². The predicted octanol–water partition coefficient (Wildman–Crippen LogP) is 1.85. The van der Waals surface area contributed by atoms with Crippen molar-refractivity contribution in [3.05, 3.63) is 41.5 Å². The first-order valence-electron chi connectivity index (χ1n) is 8.45. The van der Waals surface area contributed by atoms with E-state index in [2.05, 4.69) is 20.6 Å². The molecule has 6 nitrogen and oxygen atoms in total. The normalized spacial score (nSPS) is 22.4. The summed E-state index contributed by atoms with van der Waals surface area (Å²) < 4.78 is 13.2. The second-order valence-corrected chi connectivity index (χ2v) is 6.88. The van der Waals surface area contributed by atoms with Crippen molar-refractivity contribution in [3.63, 3.8) is 0 Å². The Morgan fingerprint density at radius 2 is 2.12 bits per heavy atom. The zero-order chi connectivity index (χ0) is 16.6. The highest BCUT2D eigenvalue weighted by atomic mass is 19.1. The molecule has 1 aliphatic carbocycles. The molecule has 1 aromatic heterocycles. The molecular formula is C17H20FN5O. The van der Waals surface area contributed by atoms with E-state index in [4.69, 9.17) is 0 Å². The fourth-order valence-electron chi connectivity index (χ4n) is 3.94. The van der Waals surface area contributed by atoms with E-state index in [1.807, 2.05) is 4.90 Å². The number of nitrogens with zero attached hydrogens (tertiary/aromatic N) is 4. The van der Waals surface area contributed by atoms with Gasteiger partial charge in [-0.1, -0.05) is 23.8 Å². The molecule has 2 aromatic rings. The molecule has 1 saturated heterocycles. The summed E-state index contributed by atoms with van der Waals surface area (Å²) in [5.41, 5.74) is 0.496. The number of amides is 1. The molecule has 1 unspecified atom stereocenters. The van der Waals surface area contributed by atoms with Gasteiger partial charge in [0.2, 0.25) is 5.91 Å². The number of carbonyl (C=O) groups excluding carboxylic acids is 1. The van der Waals surface area contributed by atoms with Crippen molar-refractivity contribution < 1.29 is 9.18 Å². The van der Waals surface area contributed by atoms with Gasteiger partial charge in [0.1, 0.15) is 5.82 Å². The molecule has 24 heavy (non-hydrogen) atoms. The number of H-pyrrole nitrogens is 1. The minimum atomic E-state index is -0.450. The van der Waals surface area contributed by atoms with Crippen LogP contribution in [0.15, 0.2) is 24.3 Å². The van der Waals surface area contributed by atoms with Crippen molar-refractivity contribution in [2.24, 2.45) is 5.92 Å². The number of nitrogens with one attached hydrogen (secondary N) is 1. The Kier molecular flexibility index (Phi) is 3.78. The van der Waals surface area contributed by atoms with Gasteiger partial charge in [0, 0.05) is 19.5 Å². The van der Waals surface area contributed by atoms with Gasteiger partial charge in [-0.25, -0.2) is 4.39 Å². The molecule has 0 spiro atoms. The summed E-state index contributed by atoms with van der Waals surface area (Å²) in [4.78, 5) is 15.1. The lowest BCUT2D eigenvalue weighted by Crippen LogP contribution is -2.50. The SMILES string of the molecule is O=C(N1CCC(Cc2nn[nH]n2)C1)C1(c2ccc(F)cc2)CCC1. The van der Waals surface area contributed by atoms with E-state index in [9.17, 15) is 9.18 Å². The maximum Gasteiger partial charge on any atom is 0.233 e. The average Bonchev–Trinajstić information content (AvgIpc) is 3.20. The third kappa shape index (κ3) is 2.57. The Bertz CT molecular complexity index is 711. The number of benzene rings is 1. The summed E-state index contributed by atoms with van der Waals surface area (Å²) in [6, 6.07) is 6.43. The van der Waals surface area contributed by atoms with E-state index >= 15 is 0 Å². The number of carbonyl (C=O) groups is 1. The molecule has 2 fully saturated rings. The molecule has 2 aliphatic rings. The molecule has 2 heterocycles. The van der Waals surface area contributed by atoms with Crippen LogP contribution in [-0.4, -0.2) is 44.5 Å². The standard InChI is InChI=1S/C17H20FN5O/c18-14-4-2-13(3-5-14)17(7-1-8-17)16(24)23-9-6-12(11-23)10-15-19-21-22-20-15/h2-5,12H,1,6-11H2,(H,19,20,21,22). The largest absolute Gasteiger partial charge is 0.342 e. The van der Waals surface area contributed by atoms with Gasteiger partial charge in [-0.2, -0.15) is 5.21 Å². The summed E-state index contributed by atoms with van der Waals surface area (Å²) in [6.45, 7) is 1.50. The van der Waals surface area contributed by atoms with Crippen LogP contribution in [-0.2, 0) is 16.6 Å². The second kappa shape index (κ2) is 5.96. The highest BCUT2D eigenvalue weighted by Gasteiger charge is 2.48. The molecule has 1 atom stereocenters. The first-order valence-corrected chi connectivity index (χ1v) is 8.45. The number of aromatic nitrogens is 4. The molecule has 4 rings (SSSR count). The number of halogens is 1. The summed E-state index contributed by atoms with van der Waals surface area (Å²) in [5.74, 6) is 1.00. The second-order valence-electron chi connectivity index (χ2n) is 6.88. The molecule has 1 aromatic carbocycles. The van der Waals surface area contributed by atoms with Crippen LogP contribution in [0.2, 0.25) is 0 Å². The van der Waals surface area contributed by atoms with E-state index in [0.717, 1.165) is 50.8 Å². The lowest BCUT2D eigenvalue weighted by atomic mass is 9.63. The molecule has 1 N–H and O–H groups in total. The third-order valence-electron chi connectivity index (χ3n) is 5.45. The maximum atomic E-state index is 13.2. The lowest BCUT2D eigenvalue weighted by Gasteiger charge is -2.43. The van der Waals surface area contributed by atoms with Crippen molar-refractivity contribution in [3.8, 4) is 0 Å². The Morgan fingerprint density at radius 3 is 2.75 bits per heavy atom. The Morgan fingerprint density at radius 1 is 1.33 bits per heavy atom. The Hall–Kier alpha value is -2.31. The minimum Gasteiger partial charge on any atom is -0.342 e. The molecule has 1 amide bonds. The predicted molar refractivity (Wildman–Crippen MR) is 84.5 cm³/mol. The van der Waals surface area contributed by atoms with E-state index in [-0.39, 0.29) is 11.7 Å². The van der Waals surface area contributed by atoms with Crippen LogP contribution in [0, 0.1) is 11.7 Å². The van der Waals surface area contributed by atoms with Crippen LogP contribution in [0.1, 0.15) is 37.1 Å².